The van der Waals surface area contributed by atoms with Crippen LogP contribution < -0.4 is 19.5 Å². The summed E-state index contributed by atoms with van der Waals surface area (Å²) >= 11 is 0. The van der Waals surface area contributed by atoms with Crippen molar-refractivity contribution >= 4 is 0 Å². The van der Waals surface area contributed by atoms with E-state index in [1.54, 1.807) is 6.92 Å². The lowest BCUT2D eigenvalue weighted by Gasteiger charge is -2.11. The largest absolute Gasteiger partial charge is 0.480 e. The van der Waals surface area contributed by atoms with Gasteiger partial charge in [-0.1, -0.05) is 12.8 Å². The number of fused-ring (bicyclic) bond motifs is 1. The van der Waals surface area contributed by atoms with Crippen LogP contribution in [0.5, 0.6) is 17.2 Å². The summed E-state index contributed by atoms with van der Waals surface area (Å²) in [6, 6.07) is 3.85. The SMILES string of the molecule is CC#CCOc1cc2c(cc1CNCCC)OCO2. The van der Waals surface area contributed by atoms with E-state index in [0.29, 0.717) is 6.61 Å². The normalized spacial score (nSPS) is 11.9. The van der Waals surface area contributed by atoms with Crippen molar-refractivity contribution in [1.82, 2.24) is 5.32 Å². The zero-order valence-electron chi connectivity index (χ0n) is 11.4. The molecule has 0 saturated carbocycles. The van der Waals surface area contributed by atoms with Gasteiger partial charge in [-0.05, 0) is 26.0 Å². The Labute approximate surface area is 114 Å². The fraction of sp³-hybridized carbons (Fsp3) is 0.467. The molecule has 102 valence electrons. The Kier molecular flexibility index (Phi) is 4.93. The minimum Gasteiger partial charge on any atom is -0.480 e. The maximum absolute atomic E-state index is 5.68. The Morgan fingerprint density at radius 3 is 2.84 bits per heavy atom. The molecule has 0 amide bonds. The first kappa shape index (κ1) is 13.6. The molecule has 0 aliphatic carbocycles. The Morgan fingerprint density at radius 2 is 2.11 bits per heavy atom. The van der Waals surface area contributed by atoms with E-state index >= 15 is 0 Å². The molecule has 0 bridgehead atoms. The molecule has 0 spiro atoms. The fourth-order valence-electron chi connectivity index (χ4n) is 1.82. The number of nitrogens with one attached hydrogen (secondary N) is 1. The van der Waals surface area contributed by atoms with Gasteiger partial charge in [0.25, 0.3) is 0 Å². The van der Waals surface area contributed by atoms with Crippen LogP contribution in [0.1, 0.15) is 25.8 Å². The van der Waals surface area contributed by atoms with Crippen LogP contribution in [0.4, 0.5) is 0 Å². The monoisotopic (exact) mass is 261 g/mol. The van der Waals surface area contributed by atoms with Crippen LogP contribution in [0.25, 0.3) is 0 Å². The average molecular weight is 261 g/mol. The van der Waals surface area contributed by atoms with Gasteiger partial charge in [-0.15, -0.1) is 5.92 Å². The Bertz CT molecular complexity index is 488. The molecule has 2 rings (SSSR count). The van der Waals surface area contributed by atoms with Gasteiger partial charge in [-0.25, -0.2) is 0 Å². The van der Waals surface area contributed by atoms with E-state index in [4.69, 9.17) is 14.2 Å². The van der Waals surface area contributed by atoms with E-state index in [0.717, 1.165) is 42.3 Å². The maximum Gasteiger partial charge on any atom is 0.231 e. The zero-order valence-corrected chi connectivity index (χ0v) is 11.4. The van der Waals surface area contributed by atoms with Crippen molar-refractivity contribution in [2.45, 2.75) is 26.8 Å². The highest BCUT2D eigenvalue weighted by Crippen LogP contribution is 2.38. The molecular weight excluding hydrogens is 242 g/mol. The molecule has 0 fully saturated rings. The van der Waals surface area contributed by atoms with E-state index < -0.39 is 0 Å². The second-order valence-corrected chi connectivity index (χ2v) is 4.21. The van der Waals surface area contributed by atoms with Crippen LogP contribution in [0.3, 0.4) is 0 Å². The Hall–Kier alpha value is -1.86. The molecule has 0 aromatic heterocycles. The van der Waals surface area contributed by atoms with E-state index in [1.807, 2.05) is 12.1 Å². The van der Waals surface area contributed by atoms with Crippen LogP contribution in [0.15, 0.2) is 12.1 Å². The molecule has 4 heteroatoms. The van der Waals surface area contributed by atoms with E-state index in [-0.39, 0.29) is 6.79 Å². The predicted octanol–water partition coefficient (Wildman–Crippen LogP) is 2.32. The molecule has 0 radical (unpaired) electrons. The van der Waals surface area contributed by atoms with Gasteiger partial charge in [-0.3, -0.25) is 0 Å². The standard InChI is InChI=1S/C15H19NO3/c1-3-5-7-17-13-9-15-14(18-11-19-15)8-12(13)10-16-6-4-2/h8-9,16H,4,6-7,10-11H2,1-2H3. The second kappa shape index (κ2) is 6.91. The molecule has 19 heavy (non-hydrogen) atoms. The van der Waals surface area contributed by atoms with E-state index in [2.05, 4.69) is 24.1 Å². The molecule has 1 aromatic rings. The average Bonchev–Trinajstić information content (AvgIpc) is 2.86. The van der Waals surface area contributed by atoms with Gasteiger partial charge in [0, 0.05) is 18.2 Å². The van der Waals surface area contributed by atoms with Crippen molar-refractivity contribution < 1.29 is 14.2 Å². The first-order valence-corrected chi connectivity index (χ1v) is 6.50. The van der Waals surface area contributed by atoms with Gasteiger partial charge < -0.3 is 19.5 Å². The Morgan fingerprint density at radius 1 is 1.32 bits per heavy atom. The molecule has 1 heterocycles. The van der Waals surface area contributed by atoms with Gasteiger partial charge in [0.15, 0.2) is 11.5 Å². The summed E-state index contributed by atoms with van der Waals surface area (Å²) in [6.07, 6.45) is 1.10. The third-order valence-corrected chi connectivity index (χ3v) is 2.77. The summed E-state index contributed by atoms with van der Waals surface area (Å²) in [6.45, 7) is 6.32. The summed E-state index contributed by atoms with van der Waals surface area (Å²) in [5.41, 5.74) is 1.07. The molecule has 0 atom stereocenters. The van der Waals surface area contributed by atoms with Crippen LogP contribution in [0.2, 0.25) is 0 Å². The van der Waals surface area contributed by atoms with E-state index in [1.165, 1.54) is 0 Å². The summed E-state index contributed by atoms with van der Waals surface area (Å²) < 4.78 is 16.4. The summed E-state index contributed by atoms with van der Waals surface area (Å²) in [5.74, 6) is 8.03. The molecule has 1 N–H and O–H groups in total. The zero-order chi connectivity index (χ0) is 13.5. The highest BCUT2D eigenvalue weighted by molar-refractivity contribution is 5.51. The third kappa shape index (κ3) is 3.55. The summed E-state index contributed by atoms with van der Waals surface area (Å²) in [4.78, 5) is 0. The number of hydrogen-bond acceptors (Lipinski definition) is 4. The minimum absolute atomic E-state index is 0.273. The van der Waals surface area contributed by atoms with Crippen LogP contribution in [-0.4, -0.2) is 19.9 Å². The van der Waals surface area contributed by atoms with Crippen molar-refractivity contribution in [3.05, 3.63) is 17.7 Å². The highest BCUT2D eigenvalue weighted by Gasteiger charge is 2.17. The smallest absolute Gasteiger partial charge is 0.231 e. The van der Waals surface area contributed by atoms with Gasteiger partial charge in [0.2, 0.25) is 6.79 Å². The first-order chi connectivity index (χ1) is 9.35. The lowest BCUT2D eigenvalue weighted by atomic mass is 10.1. The molecule has 1 aliphatic rings. The van der Waals surface area contributed by atoms with Gasteiger partial charge in [0.05, 0.1) is 0 Å². The molecule has 0 unspecified atom stereocenters. The fourth-order valence-corrected chi connectivity index (χ4v) is 1.82. The number of ether oxygens (including phenoxy) is 3. The van der Waals surface area contributed by atoms with Crippen molar-refractivity contribution in [1.29, 1.82) is 0 Å². The second-order valence-electron chi connectivity index (χ2n) is 4.21. The molecule has 0 saturated heterocycles. The molecule has 1 aromatic carbocycles. The van der Waals surface area contributed by atoms with E-state index in [9.17, 15) is 0 Å². The van der Waals surface area contributed by atoms with Gasteiger partial charge in [-0.2, -0.15) is 0 Å². The van der Waals surface area contributed by atoms with Crippen molar-refractivity contribution in [3.63, 3.8) is 0 Å². The number of rotatable bonds is 6. The number of hydrogen-bond donors (Lipinski definition) is 1. The minimum atomic E-state index is 0.273. The number of benzene rings is 1. The lowest BCUT2D eigenvalue weighted by molar-refractivity contribution is 0.174. The molecule has 4 nitrogen and oxygen atoms in total. The lowest BCUT2D eigenvalue weighted by Crippen LogP contribution is -2.14. The van der Waals surface area contributed by atoms with Crippen LogP contribution in [-0.2, 0) is 6.54 Å². The van der Waals surface area contributed by atoms with Crippen molar-refractivity contribution in [2.75, 3.05) is 19.9 Å². The topological polar surface area (TPSA) is 39.7 Å². The van der Waals surface area contributed by atoms with Crippen LogP contribution >= 0.6 is 0 Å². The first-order valence-electron chi connectivity index (χ1n) is 6.50. The quantitative estimate of drug-likeness (QED) is 0.630. The summed E-state index contributed by atoms with van der Waals surface area (Å²) in [5, 5.41) is 3.36. The van der Waals surface area contributed by atoms with Crippen LogP contribution in [0, 0.1) is 11.8 Å². The third-order valence-electron chi connectivity index (χ3n) is 2.77. The maximum atomic E-state index is 5.68. The molecular formula is C15H19NO3. The highest BCUT2D eigenvalue weighted by atomic mass is 16.7. The van der Waals surface area contributed by atoms with Gasteiger partial charge >= 0.3 is 0 Å². The predicted molar refractivity (Wildman–Crippen MR) is 73.5 cm³/mol. The Balaban J connectivity index is 2.13. The van der Waals surface area contributed by atoms with Crippen molar-refractivity contribution in [3.8, 4) is 29.1 Å². The molecule has 1 aliphatic heterocycles. The summed E-state index contributed by atoms with van der Waals surface area (Å²) in [7, 11) is 0. The van der Waals surface area contributed by atoms with Crippen molar-refractivity contribution in [2.24, 2.45) is 0 Å². The van der Waals surface area contributed by atoms with Gasteiger partial charge in [0.1, 0.15) is 12.4 Å².